The lowest BCUT2D eigenvalue weighted by Crippen LogP contribution is -2.30. The lowest BCUT2D eigenvalue weighted by Gasteiger charge is -2.17. The van der Waals surface area contributed by atoms with E-state index in [4.69, 9.17) is 0 Å². The molecule has 20 heavy (non-hydrogen) atoms. The molecule has 1 aliphatic heterocycles. The number of rotatable bonds is 4. The Morgan fingerprint density at radius 3 is 2.25 bits per heavy atom. The molecule has 0 aromatic heterocycles. The van der Waals surface area contributed by atoms with Gasteiger partial charge in [-0.1, -0.05) is 43.8 Å². The molecule has 6 heteroatoms. The summed E-state index contributed by atoms with van der Waals surface area (Å²) in [5.41, 5.74) is 0.570. The third-order valence-electron chi connectivity index (χ3n) is 3.58. The van der Waals surface area contributed by atoms with Gasteiger partial charge in [-0.2, -0.15) is 8.78 Å². The number of halogens is 2. The van der Waals surface area contributed by atoms with E-state index in [0.717, 1.165) is 0 Å². The number of thioether (sulfide) groups is 1. The number of benzene rings is 1. The van der Waals surface area contributed by atoms with E-state index < -0.39 is 5.76 Å². The molecule has 1 aliphatic rings. The fourth-order valence-corrected chi connectivity index (χ4v) is 2.83. The van der Waals surface area contributed by atoms with E-state index in [2.05, 4.69) is 0 Å². The number of amides is 2. The summed E-state index contributed by atoms with van der Waals surface area (Å²) in [5, 5.41) is 0. The van der Waals surface area contributed by atoms with Crippen molar-refractivity contribution in [3.05, 3.63) is 29.8 Å². The van der Waals surface area contributed by atoms with Crippen molar-refractivity contribution in [2.24, 2.45) is 11.8 Å². The molecule has 0 radical (unpaired) electrons. The second-order valence-electron chi connectivity index (χ2n) is 4.83. The first-order chi connectivity index (χ1) is 9.41. The predicted molar refractivity (Wildman–Crippen MR) is 72.2 cm³/mol. The lowest BCUT2D eigenvalue weighted by molar-refractivity contribution is -0.140. The molecule has 1 aromatic carbocycles. The number of nitrogens with zero attached hydrogens (tertiary/aromatic N) is 1. The Labute approximate surface area is 120 Å². The minimum absolute atomic E-state index is 0.0578. The second-order valence-corrected chi connectivity index (χ2v) is 5.86. The van der Waals surface area contributed by atoms with Gasteiger partial charge < -0.3 is 0 Å². The van der Waals surface area contributed by atoms with Crippen LogP contribution in [-0.4, -0.2) is 22.5 Å². The highest BCUT2D eigenvalue weighted by molar-refractivity contribution is 7.99. The smallest absolute Gasteiger partial charge is 0.278 e. The topological polar surface area (TPSA) is 37.4 Å². The van der Waals surface area contributed by atoms with Gasteiger partial charge in [-0.15, -0.1) is 0 Å². The molecule has 0 spiro atoms. The van der Waals surface area contributed by atoms with E-state index in [1.165, 1.54) is 4.90 Å². The van der Waals surface area contributed by atoms with Crippen LogP contribution in [-0.2, 0) is 16.1 Å². The molecule has 3 nitrogen and oxygen atoms in total. The summed E-state index contributed by atoms with van der Waals surface area (Å²) in [6.45, 7) is 3.48. The zero-order valence-electron chi connectivity index (χ0n) is 11.2. The number of hydrogen-bond acceptors (Lipinski definition) is 3. The maximum atomic E-state index is 12.5. The summed E-state index contributed by atoms with van der Waals surface area (Å²) in [6, 6.07) is 6.61. The molecule has 0 saturated carbocycles. The molecular weight excluding hydrogens is 284 g/mol. The summed E-state index contributed by atoms with van der Waals surface area (Å²) in [6.07, 6.45) is 0. The molecule has 1 aromatic rings. The Kier molecular flexibility index (Phi) is 4.42. The van der Waals surface area contributed by atoms with Crippen LogP contribution in [0.4, 0.5) is 8.78 Å². The quantitative estimate of drug-likeness (QED) is 0.633. The third kappa shape index (κ3) is 2.85. The van der Waals surface area contributed by atoms with Crippen LogP contribution < -0.4 is 0 Å². The SMILES string of the molecule is CC1C(=O)N(Cc2ccccc2SC(F)F)C(=O)C1C. The number of likely N-dealkylation sites (tertiary alicyclic amines) is 1. The molecule has 2 unspecified atom stereocenters. The summed E-state index contributed by atoms with van der Waals surface area (Å²) in [4.78, 5) is 25.6. The van der Waals surface area contributed by atoms with Gasteiger partial charge in [-0.25, -0.2) is 0 Å². The first-order valence-electron chi connectivity index (χ1n) is 6.29. The van der Waals surface area contributed by atoms with Gasteiger partial charge in [-0.3, -0.25) is 14.5 Å². The van der Waals surface area contributed by atoms with E-state index in [1.54, 1.807) is 38.1 Å². The van der Waals surface area contributed by atoms with Gasteiger partial charge in [0.1, 0.15) is 0 Å². The Morgan fingerprint density at radius 2 is 1.70 bits per heavy atom. The second kappa shape index (κ2) is 5.91. The largest absolute Gasteiger partial charge is 0.288 e. The Morgan fingerprint density at radius 1 is 1.15 bits per heavy atom. The molecule has 0 bridgehead atoms. The van der Waals surface area contributed by atoms with Crippen LogP contribution >= 0.6 is 11.8 Å². The van der Waals surface area contributed by atoms with Crippen molar-refractivity contribution >= 4 is 23.6 Å². The molecule has 1 saturated heterocycles. The predicted octanol–water partition coefficient (Wildman–Crippen LogP) is 3.14. The van der Waals surface area contributed by atoms with Gasteiger partial charge in [0.05, 0.1) is 6.54 Å². The number of carbonyl (C=O) groups excluding carboxylic acids is 2. The minimum atomic E-state index is -2.53. The highest BCUT2D eigenvalue weighted by Crippen LogP contribution is 2.32. The Bertz CT molecular complexity index is 516. The van der Waals surface area contributed by atoms with Crippen molar-refractivity contribution in [2.45, 2.75) is 31.0 Å². The average Bonchev–Trinajstić information content (AvgIpc) is 2.58. The maximum absolute atomic E-state index is 12.5. The van der Waals surface area contributed by atoms with Crippen LogP contribution in [0.2, 0.25) is 0 Å². The first kappa shape index (κ1) is 15.0. The van der Waals surface area contributed by atoms with E-state index >= 15 is 0 Å². The van der Waals surface area contributed by atoms with E-state index in [1.807, 2.05) is 0 Å². The summed E-state index contributed by atoms with van der Waals surface area (Å²) < 4.78 is 25.0. The Balaban J connectivity index is 2.22. The molecule has 2 amide bonds. The number of alkyl halides is 2. The van der Waals surface area contributed by atoms with E-state index in [9.17, 15) is 18.4 Å². The molecular formula is C14H15F2NO2S. The van der Waals surface area contributed by atoms with Crippen molar-refractivity contribution in [2.75, 3.05) is 0 Å². The molecule has 1 heterocycles. The van der Waals surface area contributed by atoms with Crippen LogP contribution in [0.25, 0.3) is 0 Å². The van der Waals surface area contributed by atoms with Gasteiger partial charge in [0.15, 0.2) is 0 Å². The fourth-order valence-electron chi connectivity index (χ4n) is 2.20. The van der Waals surface area contributed by atoms with Gasteiger partial charge in [0.25, 0.3) is 5.76 Å². The van der Waals surface area contributed by atoms with Crippen LogP contribution in [0.3, 0.4) is 0 Å². The molecule has 0 N–H and O–H groups in total. The first-order valence-corrected chi connectivity index (χ1v) is 7.17. The standard InChI is InChI=1S/C14H15F2NO2S/c1-8-9(2)13(19)17(12(8)18)7-10-5-3-4-6-11(10)20-14(15)16/h3-6,8-9,14H,7H2,1-2H3. The highest BCUT2D eigenvalue weighted by atomic mass is 32.2. The van der Waals surface area contributed by atoms with Crippen LogP contribution in [0.15, 0.2) is 29.2 Å². The van der Waals surface area contributed by atoms with Gasteiger partial charge in [-0.05, 0) is 11.6 Å². The number of hydrogen-bond donors (Lipinski definition) is 0. The number of imide groups is 1. The van der Waals surface area contributed by atoms with Crippen LogP contribution in [0.5, 0.6) is 0 Å². The highest BCUT2D eigenvalue weighted by Gasteiger charge is 2.42. The zero-order valence-corrected chi connectivity index (χ0v) is 12.0. The van der Waals surface area contributed by atoms with Crippen molar-refractivity contribution < 1.29 is 18.4 Å². The molecule has 1 fully saturated rings. The normalized spacial score (nSPS) is 22.9. The summed E-state index contributed by atoms with van der Waals surface area (Å²) in [5.74, 6) is -3.70. The average molecular weight is 299 g/mol. The van der Waals surface area contributed by atoms with Crippen LogP contribution in [0, 0.1) is 11.8 Å². The maximum Gasteiger partial charge on any atom is 0.288 e. The van der Waals surface area contributed by atoms with Crippen molar-refractivity contribution in [1.82, 2.24) is 4.90 Å². The molecule has 2 atom stereocenters. The van der Waals surface area contributed by atoms with Gasteiger partial charge in [0.2, 0.25) is 11.8 Å². The zero-order chi connectivity index (χ0) is 14.9. The van der Waals surface area contributed by atoms with E-state index in [-0.39, 0.29) is 30.2 Å². The summed E-state index contributed by atoms with van der Waals surface area (Å²) in [7, 11) is 0. The number of carbonyl (C=O) groups is 2. The van der Waals surface area contributed by atoms with Crippen molar-refractivity contribution in [3.8, 4) is 0 Å². The molecule has 108 valence electrons. The Hall–Kier alpha value is -1.43. The van der Waals surface area contributed by atoms with Crippen molar-refractivity contribution in [3.63, 3.8) is 0 Å². The fraction of sp³-hybridized carbons (Fsp3) is 0.429. The summed E-state index contributed by atoms with van der Waals surface area (Å²) >= 11 is 0.430. The van der Waals surface area contributed by atoms with Crippen LogP contribution in [0.1, 0.15) is 19.4 Å². The van der Waals surface area contributed by atoms with E-state index in [0.29, 0.717) is 22.2 Å². The van der Waals surface area contributed by atoms with Crippen molar-refractivity contribution in [1.29, 1.82) is 0 Å². The van der Waals surface area contributed by atoms with Gasteiger partial charge >= 0.3 is 0 Å². The molecule has 0 aliphatic carbocycles. The van der Waals surface area contributed by atoms with Gasteiger partial charge in [0, 0.05) is 16.7 Å². The lowest BCUT2D eigenvalue weighted by atomic mass is 10.00. The minimum Gasteiger partial charge on any atom is -0.278 e. The monoisotopic (exact) mass is 299 g/mol. The molecule has 2 rings (SSSR count). The third-order valence-corrected chi connectivity index (χ3v) is 4.41.